The number of amides is 1. The number of allylic oxidation sites excluding steroid dienone is 1. The minimum absolute atomic E-state index is 0.0115. The van der Waals surface area contributed by atoms with Gasteiger partial charge in [-0.05, 0) is 70.6 Å². The smallest absolute Gasteiger partial charge is 0.247 e. The molecule has 3 rings (SSSR count). The van der Waals surface area contributed by atoms with Gasteiger partial charge in [-0.3, -0.25) is 4.79 Å². The Hall–Kier alpha value is -1.97. The van der Waals surface area contributed by atoms with Crippen LogP contribution in [0.2, 0.25) is 0 Å². The Morgan fingerprint density at radius 3 is 2.39 bits per heavy atom. The van der Waals surface area contributed by atoms with Gasteiger partial charge in [-0.2, -0.15) is 0 Å². The Morgan fingerprint density at radius 1 is 1.18 bits per heavy atom. The van der Waals surface area contributed by atoms with E-state index in [0.29, 0.717) is 6.42 Å². The van der Waals surface area contributed by atoms with Crippen LogP contribution in [0.4, 0.5) is 0 Å². The average molecular weight is 386 g/mol. The Kier molecular flexibility index (Phi) is 4.84. The molecular formula is C24H35NO3. The Labute approximate surface area is 169 Å². The highest BCUT2D eigenvalue weighted by molar-refractivity contribution is 5.94. The zero-order valence-corrected chi connectivity index (χ0v) is 18.6. The van der Waals surface area contributed by atoms with Crippen molar-refractivity contribution in [3.63, 3.8) is 0 Å². The molecule has 1 aromatic carbocycles. The maximum atomic E-state index is 12.8. The van der Waals surface area contributed by atoms with Crippen molar-refractivity contribution >= 4 is 5.91 Å². The molecule has 0 aromatic heterocycles. The summed E-state index contributed by atoms with van der Waals surface area (Å²) in [5.41, 5.74) is 2.00. The second kappa shape index (κ2) is 6.53. The maximum Gasteiger partial charge on any atom is 0.247 e. The third-order valence-electron chi connectivity index (χ3n) is 5.95. The van der Waals surface area contributed by atoms with Crippen molar-refractivity contribution in [2.24, 2.45) is 5.92 Å². The van der Waals surface area contributed by atoms with Crippen LogP contribution in [-0.2, 0) is 10.2 Å². The van der Waals surface area contributed by atoms with Crippen LogP contribution in [0.1, 0.15) is 85.3 Å². The predicted octanol–water partition coefficient (Wildman–Crippen LogP) is 5.20. The highest BCUT2D eigenvalue weighted by Gasteiger charge is 2.47. The molecule has 0 spiro atoms. The lowest BCUT2D eigenvalue weighted by Gasteiger charge is -2.47. The molecule has 1 heterocycles. The highest BCUT2D eigenvalue weighted by atomic mass is 16.5. The van der Waals surface area contributed by atoms with Crippen molar-refractivity contribution in [1.29, 1.82) is 0 Å². The van der Waals surface area contributed by atoms with Gasteiger partial charge in [0.25, 0.3) is 0 Å². The van der Waals surface area contributed by atoms with Gasteiger partial charge >= 0.3 is 0 Å². The number of hydrogen-bond donors (Lipinski definition) is 2. The molecule has 2 atom stereocenters. The largest absolute Gasteiger partial charge is 0.508 e. The number of nitrogens with one attached hydrogen (secondary N) is 1. The van der Waals surface area contributed by atoms with Gasteiger partial charge < -0.3 is 15.2 Å². The van der Waals surface area contributed by atoms with Gasteiger partial charge in [0.05, 0.1) is 0 Å². The van der Waals surface area contributed by atoms with Gasteiger partial charge in [-0.25, -0.2) is 0 Å². The summed E-state index contributed by atoms with van der Waals surface area (Å²) in [6.45, 7) is 16.6. The minimum Gasteiger partial charge on any atom is -0.508 e. The number of hydrogen-bond acceptors (Lipinski definition) is 3. The molecule has 2 aliphatic rings. The lowest BCUT2D eigenvalue weighted by Crippen LogP contribution is -2.47. The minimum atomic E-state index is -0.358. The number of fused-ring (bicyclic) bond motifs is 3. The van der Waals surface area contributed by atoms with E-state index in [9.17, 15) is 9.90 Å². The summed E-state index contributed by atoms with van der Waals surface area (Å²) in [5, 5.41) is 14.0. The van der Waals surface area contributed by atoms with E-state index in [1.54, 1.807) is 0 Å². The Balaban J connectivity index is 2.02. The van der Waals surface area contributed by atoms with Crippen molar-refractivity contribution in [3.8, 4) is 11.5 Å². The van der Waals surface area contributed by atoms with Crippen LogP contribution >= 0.6 is 0 Å². The molecule has 1 unspecified atom stereocenters. The molecule has 0 saturated carbocycles. The molecule has 2 N–H and O–H groups in total. The van der Waals surface area contributed by atoms with Crippen molar-refractivity contribution < 1.29 is 14.6 Å². The van der Waals surface area contributed by atoms with E-state index in [1.165, 1.54) is 0 Å². The summed E-state index contributed by atoms with van der Waals surface area (Å²) in [7, 11) is 0. The first-order valence-electron chi connectivity index (χ1n) is 10.3. The van der Waals surface area contributed by atoms with Crippen molar-refractivity contribution in [2.75, 3.05) is 0 Å². The number of aromatic hydroxyl groups is 1. The molecule has 0 radical (unpaired) electrons. The van der Waals surface area contributed by atoms with Gasteiger partial charge in [0.1, 0.15) is 17.1 Å². The van der Waals surface area contributed by atoms with E-state index < -0.39 is 0 Å². The Bertz CT molecular complexity index is 821. The summed E-state index contributed by atoms with van der Waals surface area (Å²) >= 11 is 0. The van der Waals surface area contributed by atoms with E-state index in [-0.39, 0.29) is 40.0 Å². The van der Waals surface area contributed by atoms with E-state index in [1.807, 2.05) is 26.8 Å². The fraction of sp³-hybridized carbons (Fsp3) is 0.625. The quantitative estimate of drug-likeness (QED) is 0.699. The SMILES string of the molecule is CC(C)(C)NC(=O)C1=CC[C@@H]2C(C1)c1c(O)cc(C(C)(C)C)cc1OC2(C)C. The first-order valence-corrected chi connectivity index (χ1v) is 10.3. The number of carbonyl (C=O) groups is 1. The van der Waals surface area contributed by atoms with Crippen LogP contribution < -0.4 is 10.1 Å². The molecule has 1 aromatic rings. The third kappa shape index (κ3) is 3.92. The van der Waals surface area contributed by atoms with E-state index in [4.69, 9.17) is 4.74 Å². The molecule has 1 amide bonds. The zero-order valence-electron chi connectivity index (χ0n) is 18.6. The number of carbonyl (C=O) groups excluding carboxylic acids is 1. The number of benzene rings is 1. The molecule has 28 heavy (non-hydrogen) atoms. The molecule has 4 nitrogen and oxygen atoms in total. The van der Waals surface area contributed by atoms with Crippen molar-refractivity contribution in [1.82, 2.24) is 5.32 Å². The van der Waals surface area contributed by atoms with Crippen LogP contribution in [-0.4, -0.2) is 22.2 Å². The van der Waals surface area contributed by atoms with Gasteiger partial charge in [-0.15, -0.1) is 0 Å². The zero-order chi connectivity index (χ0) is 21.1. The lowest BCUT2D eigenvalue weighted by atomic mass is 9.66. The standard InChI is InChI=1S/C24H35NO3/c1-22(2,3)15-12-18(26)20-16-11-14(21(27)25-23(4,5)6)9-10-17(16)24(7,8)28-19(20)13-15/h9,12-13,16-17,26H,10-11H2,1-8H3,(H,25,27)/t16?,17-/m1/s1. The summed E-state index contributed by atoms with van der Waals surface area (Å²) < 4.78 is 6.39. The molecule has 1 aliphatic carbocycles. The van der Waals surface area contributed by atoms with Crippen LogP contribution in [0, 0.1) is 5.92 Å². The molecule has 0 bridgehead atoms. The molecule has 154 valence electrons. The molecule has 0 fully saturated rings. The van der Waals surface area contributed by atoms with Gasteiger partial charge in [0, 0.05) is 28.5 Å². The fourth-order valence-electron chi connectivity index (χ4n) is 4.43. The molecule has 0 saturated heterocycles. The molecule has 1 aliphatic heterocycles. The monoisotopic (exact) mass is 385 g/mol. The first-order chi connectivity index (χ1) is 12.7. The fourth-order valence-corrected chi connectivity index (χ4v) is 4.43. The Morgan fingerprint density at radius 2 is 1.82 bits per heavy atom. The maximum absolute atomic E-state index is 12.8. The van der Waals surface area contributed by atoms with Crippen LogP contribution in [0.5, 0.6) is 11.5 Å². The number of phenols is 1. The van der Waals surface area contributed by atoms with Crippen molar-refractivity contribution in [2.45, 2.75) is 90.7 Å². The normalized spacial score (nSPS) is 23.8. The van der Waals surface area contributed by atoms with Crippen LogP contribution in [0.3, 0.4) is 0 Å². The van der Waals surface area contributed by atoms with E-state index in [2.05, 4.69) is 52.1 Å². The second-order valence-electron chi connectivity index (χ2n) is 10.9. The van der Waals surface area contributed by atoms with Crippen LogP contribution in [0.25, 0.3) is 0 Å². The predicted molar refractivity (Wildman–Crippen MR) is 113 cm³/mol. The van der Waals surface area contributed by atoms with Gasteiger partial charge in [0.15, 0.2) is 0 Å². The summed E-state index contributed by atoms with van der Waals surface area (Å²) in [5.74, 6) is 1.32. The second-order valence-corrected chi connectivity index (χ2v) is 10.9. The number of rotatable bonds is 1. The van der Waals surface area contributed by atoms with Crippen molar-refractivity contribution in [3.05, 3.63) is 34.9 Å². The van der Waals surface area contributed by atoms with Gasteiger partial charge in [-0.1, -0.05) is 26.8 Å². The van der Waals surface area contributed by atoms with E-state index in [0.717, 1.165) is 28.9 Å². The third-order valence-corrected chi connectivity index (χ3v) is 5.95. The summed E-state index contributed by atoms with van der Waals surface area (Å²) in [4.78, 5) is 12.8. The highest BCUT2D eigenvalue weighted by Crippen LogP contribution is 2.54. The molecular weight excluding hydrogens is 350 g/mol. The lowest BCUT2D eigenvalue weighted by molar-refractivity contribution is -0.119. The van der Waals surface area contributed by atoms with Crippen LogP contribution in [0.15, 0.2) is 23.8 Å². The van der Waals surface area contributed by atoms with Gasteiger partial charge in [0.2, 0.25) is 5.91 Å². The number of phenolic OH excluding ortho intramolecular Hbond substituents is 1. The van der Waals surface area contributed by atoms with E-state index >= 15 is 0 Å². The number of ether oxygens (including phenoxy) is 1. The summed E-state index contributed by atoms with van der Waals surface area (Å²) in [6, 6.07) is 3.94. The average Bonchev–Trinajstić information content (AvgIpc) is 2.50. The molecule has 4 heteroatoms. The first kappa shape index (κ1) is 20.8. The topological polar surface area (TPSA) is 58.6 Å². The summed E-state index contributed by atoms with van der Waals surface area (Å²) in [6.07, 6.45) is 3.44.